The van der Waals surface area contributed by atoms with E-state index in [9.17, 15) is 4.39 Å². The Morgan fingerprint density at radius 2 is 2.15 bits per heavy atom. The van der Waals surface area contributed by atoms with Gasteiger partial charge in [0.2, 0.25) is 0 Å². The van der Waals surface area contributed by atoms with Gasteiger partial charge in [-0.05, 0) is 36.2 Å². The molecule has 2 aromatic carbocycles. The molecular weight excluding hydrogens is 349 g/mol. The summed E-state index contributed by atoms with van der Waals surface area (Å²) in [6.45, 7) is 6.29. The number of nitrogens with two attached hydrogens (primary N) is 1. The number of nitrogens with zero attached hydrogens (tertiary/aromatic N) is 3. The zero-order valence-corrected chi connectivity index (χ0v) is 15.7. The van der Waals surface area contributed by atoms with Crippen molar-refractivity contribution in [3.8, 4) is 0 Å². The number of anilines is 1. The van der Waals surface area contributed by atoms with Crippen LogP contribution in [0.3, 0.4) is 0 Å². The molecule has 0 unspecified atom stereocenters. The van der Waals surface area contributed by atoms with Gasteiger partial charge in [0.25, 0.3) is 0 Å². The summed E-state index contributed by atoms with van der Waals surface area (Å²) in [7, 11) is 1.92. The average Bonchev–Trinajstić information content (AvgIpc) is 3.02. The Morgan fingerprint density at radius 1 is 1.35 bits per heavy atom. The van der Waals surface area contributed by atoms with Crippen LogP contribution in [-0.2, 0) is 13.6 Å². The molecular formula is C19H22FN5S. The maximum atomic E-state index is 14.6. The Morgan fingerprint density at radius 3 is 2.85 bits per heavy atom. The minimum Gasteiger partial charge on any atom is -0.324 e. The molecule has 3 N–H and O–H groups in total. The third-order valence-electron chi connectivity index (χ3n) is 4.20. The summed E-state index contributed by atoms with van der Waals surface area (Å²) in [5, 5.41) is 5.37. The molecule has 0 fully saturated rings. The van der Waals surface area contributed by atoms with Crippen LogP contribution in [0.2, 0.25) is 0 Å². The number of benzene rings is 2. The Kier molecular flexibility index (Phi) is 5.49. The predicted octanol–water partition coefficient (Wildman–Crippen LogP) is 3.82. The van der Waals surface area contributed by atoms with E-state index in [4.69, 9.17) is 5.84 Å². The van der Waals surface area contributed by atoms with Gasteiger partial charge < -0.3 is 9.73 Å². The minimum absolute atomic E-state index is 0.276. The first-order valence-corrected chi connectivity index (χ1v) is 9.24. The van der Waals surface area contributed by atoms with Gasteiger partial charge in [-0.15, -0.1) is 0 Å². The van der Waals surface area contributed by atoms with E-state index in [0.717, 1.165) is 22.3 Å². The first-order valence-electron chi connectivity index (χ1n) is 8.30. The normalized spacial score (nSPS) is 10.9. The van der Waals surface area contributed by atoms with E-state index in [1.807, 2.05) is 36.1 Å². The molecule has 0 atom stereocenters. The SMILES string of the molecule is C=C(NN)c1ccc(CN(SCC)c2ccc3cnn(C)c3c2)c(F)c1. The quantitative estimate of drug-likeness (QED) is 0.376. The first-order chi connectivity index (χ1) is 12.5. The second kappa shape index (κ2) is 7.80. The molecule has 0 aliphatic carbocycles. The van der Waals surface area contributed by atoms with Crippen LogP contribution in [0, 0.1) is 5.82 Å². The summed E-state index contributed by atoms with van der Waals surface area (Å²) in [6, 6.07) is 11.2. The van der Waals surface area contributed by atoms with Gasteiger partial charge >= 0.3 is 0 Å². The van der Waals surface area contributed by atoms with Gasteiger partial charge in [-0.3, -0.25) is 10.5 Å². The molecule has 3 aromatic rings. The second-order valence-corrected chi connectivity index (χ2v) is 7.17. The van der Waals surface area contributed by atoms with Crippen LogP contribution in [0.15, 0.2) is 49.2 Å². The van der Waals surface area contributed by atoms with E-state index in [1.165, 1.54) is 6.07 Å². The minimum atomic E-state index is -0.276. The Balaban J connectivity index is 1.90. The molecule has 3 rings (SSSR count). The smallest absolute Gasteiger partial charge is 0.128 e. The summed E-state index contributed by atoms with van der Waals surface area (Å²) in [4.78, 5) is 0. The summed E-state index contributed by atoms with van der Waals surface area (Å²) in [5.74, 6) is 5.96. The van der Waals surface area contributed by atoms with Crippen LogP contribution in [-0.4, -0.2) is 15.5 Å². The second-order valence-electron chi connectivity index (χ2n) is 5.89. The molecule has 7 heteroatoms. The highest BCUT2D eigenvalue weighted by atomic mass is 32.2. The van der Waals surface area contributed by atoms with E-state index in [2.05, 4.69) is 34.4 Å². The number of fused-ring (bicyclic) bond motifs is 1. The molecule has 0 bridgehead atoms. The molecule has 0 aliphatic rings. The maximum absolute atomic E-state index is 14.6. The van der Waals surface area contributed by atoms with Crippen molar-refractivity contribution in [2.24, 2.45) is 12.9 Å². The maximum Gasteiger partial charge on any atom is 0.128 e. The molecule has 1 aromatic heterocycles. The van der Waals surface area contributed by atoms with Crippen LogP contribution < -0.4 is 15.6 Å². The third kappa shape index (κ3) is 3.68. The molecule has 136 valence electrons. The van der Waals surface area contributed by atoms with Crippen molar-refractivity contribution in [3.63, 3.8) is 0 Å². The zero-order valence-electron chi connectivity index (χ0n) is 14.9. The Hall–Kier alpha value is -2.51. The number of aromatic nitrogens is 2. The van der Waals surface area contributed by atoms with Gasteiger partial charge in [0.1, 0.15) is 5.82 Å². The van der Waals surface area contributed by atoms with Crippen LogP contribution in [0.4, 0.5) is 10.1 Å². The summed E-state index contributed by atoms with van der Waals surface area (Å²) in [6.07, 6.45) is 1.84. The van der Waals surface area contributed by atoms with Gasteiger partial charge in [-0.2, -0.15) is 5.10 Å². The third-order valence-corrected chi connectivity index (χ3v) is 5.11. The molecule has 0 spiro atoms. The van der Waals surface area contributed by atoms with Crippen molar-refractivity contribution in [2.75, 3.05) is 10.1 Å². The van der Waals surface area contributed by atoms with Crippen molar-refractivity contribution in [2.45, 2.75) is 13.5 Å². The van der Waals surface area contributed by atoms with E-state index in [-0.39, 0.29) is 5.82 Å². The fourth-order valence-electron chi connectivity index (χ4n) is 2.76. The number of hydrazine groups is 1. The number of rotatable bonds is 7. The largest absolute Gasteiger partial charge is 0.324 e. The lowest BCUT2D eigenvalue weighted by Crippen LogP contribution is -2.19. The van der Waals surface area contributed by atoms with Crippen molar-refractivity contribution < 1.29 is 4.39 Å². The van der Waals surface area contributed by atoms with Gasteiger partial charge in [0.05, 0.1) is 18.3 Å². The van der Waals surface area contributed by atoms with Crippen molar-refractivity contribution in [1.82, 2.24) is 15.2 Å². The van der Waals surface area contributed by atoms with Crippen LogP contribution >= 0.6 is 11.9 Å². The monoisotopic (exact) mass is 371 g/mol. The lowest BCUT2D eigenvalue weighted by molar-refractivity contribution is 0.610. The number of aryl methyl sites for hydroxylation is 1. The van der Waals surface area contributed by atoms with Gasteiger partial charge in [0, 0.05) is 40.7 Å². The van der Waals surface area contributed by atoms with Crippen LogP contribution in [0.1, 0.15) is 18.1 Å². The van der Waals surface area contributed by atoms with Gasteiger partial charge in [-0.25, -0.2) is 4.39 Å². The standard InChI is InChI=1S/C19H22FN5S/c1-4-26-25(17-8-7-15-11-22-24(3)19(15)10-17)12-16-6-5-14(9-18(16)20)13(2)23-21/h5-11,23H,2,4,12,21H2,1,3H3. The average molecular weight is 371 g/mol. The lowest BCUT2D eigenvalue weighted by atomic mass is 10.1. The van der Waals surface area contributed by atoms with Gasteiger partial charge in [-0.1, -0.05) is 25.6 Å². The topological polar surface area (TPSA) is 59.1 Å². The predicted molar refractivity (Wildman–Crippen MR) is 108 cm³/mol. The number of hydrogen-bond acceptors (Lipinski definition) is 5. The Bertz CT molecular complexity index is 937. The Labute approximate surface area is 156 Å². The molecule has 5 nitrogen and oxygen atoms in total. The van der Waals surface area contributed by atoms with Crippen LogP contribution in [0.5, 0.6) is 0 Å². The summed E-state index contributed by atoms with van der Waals surface area (Å²) in [5.41, 5.74) is 6.25. The van der Waals surface area contributed by atoms with E-state index < -0.39 is 0 Å². The number of halogens is 1. The summed E-state index contributed by atoms with van der Waals surface area (Å²) >= 11 is 1.65. The molecule has 0 saturated carbocycles. The number of hydrogen-bond donors (Lipinski definition) is 2. The molecule has 1 heterocycles. The van der Waals surface area contributed by atoms with Gasteiger partial charge in [0.15, 0.2) is 0 Å². The van der Waals surface area contributed by atoms with E-state index >= 15 is 0 Å². The highest BCUT2D eigenvalue weighted by molar-refractivity contribution is 8.00. The van der Waals surface area contributed by atoms with E-state index in [0.29, 0.717) is 23.4 Å². The zero-order chi connectivity index (χ0) is 18.7. The highest BCUT2D eigenvalue weighted by Gasteiger charge is 2.13. The fourth-order valence-corrected chi connectivity index (χ4v) is 3.56. The lowest BCUT2D eigenvalue weighted by Gasteiger charge is -2.23. The van der Waals surface area contributed by atoms with Crippen molar-refractivity contribution in [1.29, 1.82) is 0 Å². The van der Waals surface area contributed by atoms with E-state index in [1.54, 1.807) is 18.0 Å². The number of nitrogens with one attached hydrogen (secondary N) is 1. The molecule has 0 radical (unpaired) electrons. The molecule has 26 heavy (non-hydrogen) atoms. The molecule has 0 aliphatic heterocycles. The molecule has 0 amide bonds. The van der Waals surface area contributed by atoms with Crippen molar-refractivity contribution in [3.05, 3.63) is 66.1 Å². The highest BCUT2D eigenvalue weighted by Crippen LogP contribution is 2.29. The first kappa shape index (κ1) is 18.3. The van der Waals surface area contributed by atoms with Crippen LogP contribution in [0.25, 0.3) is 16.6 Å². The van der Waals surface area contributed by atoms with Crippen molar-refractivity contribution >= 4 is 34.2 Å². The summed E-state index contributed by atoms with van der Waals surface area (Å²) < 4.78 is 18.5. The molecule has 0 saturated heterocycles. The fraction of sp³-hybridized carbons (Fsp3) is 0.211.